The van der Waals surface area contributed by atoms with E-state index in [1.54, 1.807) is 13.8 Å². The van der Waals surface area contributed by atoms with Crippen molar-refractivity contribution in [3.05, 3.63) is 29.3 Å². The van der Waals surface area contributed by atoms with Gasteiger partial charge in [0.2, 0.25) is 10.0 Å². The largest absolute Gasteiger partial charge is 0.326 e. The minimum atomic E-state index is -4.05. The van der Waals surface area contributed by atoms with Crippen LogP contribution >= 0.6 is 0 Å². The SMILES string of the molecule is CC(C)(NS(=O)(=O)c1ccc(F)c(CN)c1F)C1CC1. The highest BCUT2D eigenvalue weighted by molar-refractivity contribution is 7.89. The van der Waals surface area contributed by atoms with Gasteiger partial charge in [-0.2, -0.15) is 0 Å². The molecule has 1 aliphatic rings. The Morgan fingerprint density at radius 3 is 2.45 bits per heavy atom. The third kappa shape index (κ3) is 2.84. The van der Waals surface area contributed by atoms with Gasteiger partial charge in [0, 0.05) is 17.6 Å². The van der Waals surface area contributed by atoms with Gasteiger partial charge in [-0.15, -0.1) is 0 Å². The van der Waals surface area contributed by atoms with E-state index in [-0.39, 0.29) is 5.92 Å². The van der Waals surface area contributed by atoms with Crippen LogP contribution in [0.5, 0.6) is 0 Å². The second-order valence-corrected chi connectivity index (χ2v) is 7.29. The molecule has 112 valence electrons. The molecule has 0 heterocycles. The lowest BCUT2D eigenvalue weighted by Gasteiger charge is -2.26. The van der Waals surface area contributed by atoms with Gasteiger partial charge < -0.3 is 5.73 Å². The molecule has 0 aromatic heterocycles. The highest BCUT2D eigenvalue weighted by Gasteiger charge is 2.41. The molecule has 0 amide bonds. The Bertz CT molecular complexity index is 626. The van der Waals surface area contributed by atoms with E-state index in [4.69, 9.17) is 5.73 Å². The van der Waals surface area contributed by atoms with Gasteiger partial charge in [-0.1, -0.05) is 0 Å². The van der Waals surface area contributed by atoms with Gasteiger partial charge in [-0.3, -0.25) is 0 Å². The molecule has 0 radical (unpaired) electrons. The van der Waals surface area contributed by atoms with Gasteiger partial charge >= 0.3 is 0 Å². The summed E-state index contributed by atoms with van der Waals surface area (Å²) in [6, 6.07) is 1.85. The third-order valence-electron chi connectivity index (χ3n) is 3.64. The monoisotopic (exact) mass is 304 g/mol. The van der Waals surface area contributed by atoms with Gasteiger partial charge in [0.05, 0.1) is 0 Å². The Labute approximate surface area is 117 Å². The van der Waals surface area contributed by atoms with Crippen LogP contribution in [0.4, 0.5) is 8.78 Å². The van der Waals surface area contributed by atoms with E-state index < -0.39 is 44.2 Å². The minimum absolute atomic E-state index is 0.245. The summed E-state index contributed by atoms with van der Waals surface area (Å²) in [6.07, 6.45) is 1.88. The second-order valence-electron chi connectivity index (χ2n) is 5.64. The van der Waals surface area contributed by atoms with Gasteiger partial charge in [0.1, 0.15) is 10.7 Å². The Morgan fingerprint density at radius 1 is 1.35 bits per heavy atom. The number of nitrogens with one attached hydrogen (secondary N) is 1. The first-order chi connectivity index (χ1) is 9.19. The summed E-state index contributed by atoms with van der Waals surface area (Å²) in [5, 5.41) is 0. The van der Waals surface area contributed by atoms with E-state index in [9.17, 15) is 17.2 Å². The molecule has 0 unspecified atom stereocenters. The van der Waals surface area contributed by atoms with Crippen molar-refractivity contribution in [2.24, 2.45) is 11.7 Å². The summed E-state index contributed by atoms with van der Waals surface area (Å²) >= 11 is 0. The molecule has 0 bridgehead atoms. The Hall–Kier alpha value is -1.05. The van der Waals surface area contributed by atoms with Crippen molar-refractivity contribution in [3.8, 4) is 0 Å². The summed E-state index contributed by atoms with van der Waals surface area (Å²) in [4.78, 5) is -0.562. The van der Waals surface area contributed by atoms with Crippen molar-refractivity contribution >= 4 is 10.0 Å². The molecule has 1 aromatic rings. The van der Waals surface area contributed by atoms with Crippen LogP contribution in [0.1, 0.15) is 32.3 Å². The first-order valence-corrected chi connectivity index (χ1v) is 7.88. The zero-order valence-corrected chi connectivity index (χ0v) is 12.2. The van der Waals surface area contributed by atoms with E-state index in [0.29, 0.717) is 0 Å². The van der Waals surface area contributed by atoms with Crippen LogP contribution in [0, 0.1) is 17.6 Å². The molecular formula is C13H18F2N2O2S. The van der Waals surface area contributed by atoms with Crippen LogP contribution in [0.2, 0.25) is 0 Å². The number of benzene rings is 1. The van der Waals surface area contributed by atoms with Crippen LogP contribution in [-0.2, 0) is 16.6 Å². The standard InChI is InChI=1S/C13H18F2N2O2S/c1-13(2,8-3-4-8)17-20(18,19)11-6-5-10(14)9(7-16)12(11)15/h5-6,8,17H,3-4,7,16H2,1-2H3. The van der Waals surface area contributed by atoms with Crippen LogP contribution in [0.15, 0.2) is 17.0 Å². The average Bonchev–Trinajstić information content (AvgIpc) is 3.11. The maximum atomic E-state index is 14.1. The molecule has 0 aliphatic heterocycles. The zero-order chi connectivity index (χ0) is 15.1. The van der Waals surface area contributed by atoms with E-state index in [0.717, 1.165) is 25.0 Å². The molecule has 7 heteroatoms. The van der Waals surface area contributed by atoms with E-state index in [1.807, 2.05) is 0 Å². The molecule has 1 saturated carbocycles. The first-order valence-electron chi connectivity index (χ1n) is 6.40. The van der Waals surface area contributed by atoms with Crippen LogP contribution in [-0.4, -0.2) is 14.0 Å². The normalized spacial score (nSPS) is 16.4. The lowest BCUT2D eigenvalue weighted by molar-refractivity contribution is 0.399. The quantitative estimate of drug-likeness (QED) is 0.872. The summed E-state index contributed by atoms with van der Waals surface area (Å²) < 4.78 is 54.5. The molecule has 2 rings (SSSR count). The molecule has 0 saturated heterocycles. The number of hydrogen-bond acceptors (Lipinski definition) is 3. The summed E-state index contributed by atoms with van der Waals surface area (Å²) in [6.45, 7) is 3.12. The van der Waals surface area contributed by atoms with Crippen molar-refractivity contribution < 1.29 is 17.2 Å². The predicted molar refractivity (Wildman–Crippen MR) is 71.4 cm³/mol. The lowest BCUT2D eigenvalue weighted by atomic mass is 10.0. The second kappa shape index (κ2) is 5.05. The topological polar surface area (TPSA) is 72.2 Å². The minimum Gasteiger partial charge on any atom is -0.326 e. The number of hydrogen-bond donors (Lipinski definition) is 2. The highest BCUT2D eigenvalue weighted by atomic mass is 32.2. The van der Waals surface area contributed by atoms with Crippen molar-refractivity contribution in [1.82, 2.24) is 4.72 Å². The van der Waals surface area contributed by atoms with Crippen LogP contribution < -0.4 is 10.5 Å². The molecule has 20 heavy (non-hydrogen) atoms. The van der Waals surface area contributed by atoms with Crippen molar-refractivity contribution in [2.75, 3.05) is 0 Å². The maximum Gasteiger partial charge on any atom is 0.243 e. The first kappa shape index (κ1) is 15.3. The lowest BCUT2D eigenvalue weighted by Crippen LogP contribution is -2.45. The molecule has 1 aliphatic carbocycles. The van der Waals surface area contributed by atoms with E-state index in [2.05, 4.69) is 4.72 Å². The zero-order valence-electron chi connectivity index (χ0n) is 11.4. The third-order valence-corrected chi connectivity index (χ3v) is 5.33. The number of halogens is 2. The van der Waals surface area contributed by atoms with Gasteiger partial charge in [-0.05, 0) is 44.7 Å². The highest BCUT2D eigenvalue weighted by Crippen LogP contribution is 2.40. The Kier molecular flexibility index (Phi) is 3.88. The maximum absolute atomic E-state index is 14.1. The van der Waals surface area contributed by atoms with Crippen molar-refractivity contribution in [2.45, 2.75) is 43.7 Å². The van der Waals surface area contributed by atoms with E-state index in [1.165, 1.54) is 0 Å². The van der Waals surface area contributed by atoms with E-state index >= 15 is 0 Å². The molecule has 1 fully saturated rings. The smallest absolute Gasteiger partial charge is 0.243 e. The molecule has 0 atom stereocenters. The molecule has 0 spiro atoms. The fraction of sp³-hybridized carbons (Fsp3) is 0.538. The number of nitrogens with two attached hydrogens (primary N) is 1. The molecule has 1 aromatic carbocycles. The fourth-order valence-electron chi connectivity index (χ4n) is 2.26. The van der Waals surface area contributed by atoms with Crippen LogP contribution in [0.3, 0.4) is 0 Å². The summed E-state index contributed by atoms with van der Waals surface area (Å²) in [5.41, 5.74) is 4.18. The number of sulfonamides is 1. The average molecular weight is 304 g/mol. The number of rotatable bonds is 5. The molecular weight excluding hydrogens is 286 g/mol. The Morgan fingerprint density at radius 2 is 1.95 bits per heavy atom. The summed E-state index contributed by atoms with van der Waals surface area (Å²) in [7, 11) is -4.05. The van der Waals surface area contributed by atoms with Crippen LogP contribution in [0.25, 0.3) is 0 Å². The Balaban J connectivity index is 2.39. The molecule has 4 nitrogen and oxygen atoms in total. The van der Waals surface area contributed by atoms with Crippen molar-refractivity contribution in [1.29, 1.82) is 0 Å². The van der Waals surface area contributed by atoms with Gasteiger partial charge in [-0.25, -0.2) is 21.9 Å². The van der Waals surface area contributed by atoms with Crippen molar-refractivity contribution in [3.63, 3.8) is 0 Å². The fourth-order valence-corrected chi connectivity index (χ4v) is 3.84. The van der Waals surface area contributed by atoms with Gasteiger partial charge in [0.15, 0.2) is 5.82 Å². The predicted octanol–water partition coefficient (Wildman–Crippen LogP) is 1.89. The summed E-state index contributed by atoms with van der Waals surface area (Å²) in [5.74, 6) is -1.72. The van der Waals surface area contributed by atoms with Gasteiger partial charge in [0.25, 0.3) is 0 Å². The molecule has 3 N–H and O–H groups in total.